The van der Waals surface area contributed by atoms with Crippen LogP contribution in [0, 0.1) is 6.92 Å². The number of rotatable bonds is 5. The molecule has 0 fully saturated rings. The number of carbonyl (C=O) groups excluding carboxylic acids is 1. The smallest absolute Gasteiger partial charge is 0.257 e. The van der Waals surface area contributed by atoms with Crippen molar-refractivity contribution in [3.63, 3.8) is 0 Å². The van der Waals surface area contributed by atoms with Gasteiger partial charge in [-0.15, -0.1) is 11.3 Å². The number of hydrogen-bond donors (Lipinski definition) is 1. The van der Waals surface area contributed by atoms with Crippen molar-refractivity contribution in [1.82, 2.24) is 0 Å². The van der Waals surface area contributed by atoms with E-state index in [0.717, 1.165) is 16.0 Å². The highest BCUT2D eigenvalue weighted by molar-refractivity contribution is 7.10. The zero-order valence-electron chi connectivity index (χ0n) is 14.6. The average Bonchev–Trinajstić information content (AvgIpc) is 3.04. The van der Waals surface area contributed by atoms with E-state index in [4.69, 9.17) is 21.1 Å². The molecular weight excluding hydrogens is 370 g/mol. The zero-order valence-corrected chi connectivity index (χ0v) is 16.2. The number of halogens is 1. The Hall–Kier alpha value is -2.50. The number of methoxy groups -OCH3 is 2. The Morgan fingerprint density at radius 2 is 1.77 bits per heavy atom. The Balaban J connectivity index is 1.97. The lowest BCUT2D eigenvalue weighted by Crippen LogP contribution is -2.13. The topological polar surface area (TPSA) is 47.6 Å². The molecule has 0 spiro atoms. The third-order valence-electron chi connectivity index (χ3n) is 4.00. The minimum absolute atomic E-state index is 0.215. The van der Waals surface area contributed by atoms with E-state index < -0.39 is 0 Å². The van der Waals surface area contributed by atoms with E-state index in [0.29, 0.717) is 27.8 Å². The van der Waals surface area contributed by atoms with Gasteiger partial charge in [0, 0.05) is 21.9 Å². The fourth-order valence-corrected chi connectivity index (χ4v) is 3.84. The second kappa shape index (κ2) is 7.81. The van der Waals surface area contributed by atoms with Crippen LogP contribution in [0.2, 0.25) is 5.02 Å². The lowest BCUT2D eigenvalue weighted by Gasteiger charge is -2.13. The van der Waals surface area contributed by atoms with E-state index in [-0.39, 0.29) is 5.91 Å². The highest BCUT2D eigenvalue weighted by Crippen LogP contribution is 2.37. The summed E-state index contributed by atoms with van der Waals surface area (Å²) in [5, 5.41) is 5.16. The monoisotopic (exact) mass is 387 g/mol. The number of carbonyl (C=O) groups is 1. The van der Waals surface area contributed by atoms with E-state index in [1.807, 2.05) is 42.6 Å². The summed E-state index contributed by atoms with van der Waals surface area (Å²) in [4.78, 5) is 14.0. The summed E-state index contributed by atoms with van der Waals surface area (Å²) < 4.78 is 10.5. The molecule has 0 saturated heterocycles. The van der Waals surface area contributed by atoms with Crippen molar-refractivity contribution >= 4 is 34.5 Å². The van der Waals surface area contributed by atoms with Crippen molar-refractivity contribution in [2.24, 2.45) is 0 Å². The maximum absolute atomic E-state index is 12.9. The number of nitrogens with one attached hydrogen (secondary N) is 1. The van der Waals surface area contributed by atoms with Gasteiger partial charge in [0.15, 0.2) is 0 Å². The van der Waals surface area contributed by atoms with Crippen LogP contribution in [0.5, 0.6) is 11.5 Å². The standard InChI is InChI=1S/C20H18ClNO3S/c1-12-19(13-7-5-4-6-8-13)14(11-26-12)20(23)22-16-9-15(21)17(24-2)10-18(16)25-3/h4-11H,1-3H3,(H,22,23). The molecule has 0 aliphatic rings. The third kappa shape index (κ3) is 3.54. The van der Waals surface area contributed by atoms with Crippen molar-refractivity contribution < 1.29 is 14.3 Å². The van der Waals surface area contributed by atoms with Gasteiger partial charge in [-0.25, -0.2) is 0 Å². The van der Waals surface area contributed by atoms with Gasteiger partial charge in [-0.05, 0) is 18.6 Å². The van der Waals surface area contributed by atoms with Gasteiger partial charge in [0.05, 0.1) is 30.5 Å². The maximum atomic E-state index is 12.9. The van der Waals surface area contributed by atoms with E-state index >= 15 is 0 Å². The normalized spacial score (nSPS) is 10.5. The summed E-state index contributed by atoms with van der Waals surface area (Å²) in [6.45, 7) is 2.01. The molecule has 0 aliphatic heterocycles. The minimum atomic E-state index is -0.215. The highest BCUT2D eigenvalue weighted by Gasteiger charge is 2.19. The van der Waals surface area contributed by atoms with Gasteiger partial charge < -0.3 is 14.8 Å². The molecule has 0 saturated carbocycles. The fraction of sp³-hybridized carbons (Fsp3) is 0.150. The van der Waals surface area contributed by atoms with Gasteiger partial charge in [-0.2, -0.15) is 0 Å². The average molecular weight is 388 g/mol. The maximum Gasteiger partial charge on any atom is 0.257 e. The third-order valence-corrected chi connectivity index (χ3v) is 5.21. The van der Waals surface area contributed by atoms with Crippen molar-refractivity contribution in [3.05, 3.63) is 63.3 Å². The van der Waals surface area contributed by atoms with Gasteiger partial charge in [0.1, 0.15) is 11.5 Å². The van der Waals surface area contributed by atoms with E-state index in [2.05, 4.69) is 5.32 Å². The van der Waals surface area contributed by atoms with Crippen LogP contribution < -0.4 is 14.8 Å². The largest absolute Gasteiger partial charge is 0.495 e. The van der Waals surface area contributed by atoms with Gasteiger partial charge >= 0.3 is 0 Å². The summed E-state index contributed by atoms with van der Waals surface area (Å²) in [5.41, 5.74) is 3.06. The molecule has 26 heavy (non-hydrogen) atoms. The van der Waals surface area contributed by atoms with Crippen LogP contribution in [0.4, 0.5) is 5.69 Å². The Kier molecular flexibility index (Phi) is 5.49. The molecule has 1 amide bonds. The second-order valence-corrected chi connectivity index (χ2v) is 7.08. The number of amides is 1. The summed E-state index contributed by atoms with van der Waals surface area (Å²) in [6, 6.07) is 13.1. The van der Waals surface area contributed by atoms with Crippen LogP contribution in [0.15, 0.2) is 47.8 Å². The van der Waals surface area contributed by atoms with E-state index in [1.54, 1.807) is 23.5 Å². The molecule has 6 heteroatoms. The quantitative estimate of drug-likeness (QED) is 0.615. The summed E-state index contributed by atoms with van der Waals surface area (Å²) in [6.07, 6.45) is 0. The first-order valence-electron chi connectivity index (χ1n) is 7.91. The zero-order chi connectivity index (χ0) is 18.7. The van der Waals surface area contributed by atoms with Crippen molar-refractivity contribution in [3.8, 4) is 22.6 Å². The van der Waals surface area contributed by atoms with Crippen molar-refractivity contribution in [2.75, 3.05) is 19.5 Å². The van der Waals surface area contributed by atoms with Gasteiger partial charge in [0.2, 0.25) is 0 Å². The first-order chi connectivity index (χ1) is 12.5. The molecule has 2 aromatic carbocycles. The molecule has 0 unspecified atom stereocenters. The molecule has 0 bridgehead atoms. The molecule has 0 aliphatic carbocycles. The molecule has 134 valence electrons. The van der Waals surface area contributed by atoms with Crippen LogP contribution in [0.3, 0.4) is 0 Å². The highest BCUT2D eigenvalue weighted by atomic mass is 35.5. The van der Waals surface area contributed by atoms with Crippen LogP contribution in [0.1, 0.15) is 15.2 Å². The van der Waals surface area contributed by atoms with Crippen molar-refractivity contribution in [2.45, 2.75) is 6.92 Å². The number of benzene rings is 2. The van der Waals surface area contributed by atoms with Crippen LogP contribution in [-0.4, -0.2) is 20.1 Å². The number of aryl methyl sites for hydroxylation is 1. The number of ether oxygens (including phenoxy) is 2. The molecule has 3 aromatic rings. The van der Waals surface area contributed by atoms with E-state index in [1.165, 1.54) is 14.2 Å². The molecular formula is C20H18ClNO3S. The SMILES string of the molecule is COc1cc(OC)c(NC(=O)c2csc(C)c2-c2ccccc2)cc1Cl. The van der Waals surface area contributed by atoms with Crippen LogP contribution in [0.25, 0.3) is 11.1 Å². The molecule has 0 radical (unpaired) electrons. The molecule has 1 heterocycles. The van der Waals surface area contributed by atoms with Gasteiger partial charge in [-0.3, -0.25) is 4.79 Å². The molecule has 3 rings (SSSR count). The van der Waals surface area contributed by atoms with Crippen molar-refractivity contribution in [1.29, 1.82) is 0 Å². The Morgan fingerprint density at radius 3 is 2.42 bits per heavy atom. The minimum Gasteiger partial charge on any atom is -0.495 e. The number of anilines is 1. The predicted octanol–water partition coefficient (Wildman–Crippen LogP) is 5.65. The Morgan fingerprint density at radius 1 is 1.08 bits per heavy atom. The number of hydrogen-bond acceptors (Lipinski definition) is 4. The summed E-state index contributed by atoms with van der Waals surface area (Å²) >= 11 is 7.74. The second-order valence-electron chi connectivity index (χ2n) is 5.59. The lowest BCUT2D eigenvalue weighted by molar-refractivity contribution is 0.102. The Labute approximate surface area is 161 Å². The van der Waals surface area contributed by atoms with Crippen LogP contribution in [-0.2, 0) is 0 Å². The van der Waals surface area contributed by atoms with Crippen LogP contribution >= 0.6 is 22.9 Å². The molecule has 1 N–H and O–H groups in total. The Bertz CT molecular complexity index is 938. The number of thiophene rings is 1. The lowest BCUT2D eigenvalue weighted by atomic mass is 10.0. The first kappa shape index (κ1) is 18.3. The fourth-order valence-electron chi connectivity index (χ4n) is 2.73. The summed E-state index contributed by atoms with van der Waals surface area (Å²) in [5.74, 6) is 0.749. The van der Waals surface area contributed by atoms with Gasteiger partial charge in [-0.1, -0.05) is 41.9 Å². The molecule has 1 aromatic heterocycles. The first-order valence-corrected chi connectivity index (χ1v) is 9.17. The molecule has 0 atom stereocenters. The molecule has 4 nitrogen and oxygen atoms in total. The van der Waals surface area contributed by atoms with E-state index in [9.17, 15) is 4.79 Å². The van der Waals surface area contributed by atoms with Gasteiger partial charge in [0.25, 0.3) is 5.91 Å². The summed E-state index contributed by atoms with van der Waals surface area (Å²) in [7, 11) is 3.06. The predicted molar refractivity (Wildman–Crippen MR) is 107 cm³/mol.